The normalized spacial score (nSPS) is 13.6. The summed E-state index contributed by atoms with van der Waals surface area (Å²) >= 11 is 0. The Labute approximate surface area is 238 Å². The first kappa shape index (κ1) is 31.0. The third-order valence-electron chi connectivity index (χ3n) is 6.38. The van der Waals surface area contributed by atoms with Crippen molar-refractivity contribution in [3.63, 3.8) is 0 Å². The molecule has 0 fully saturated rings. The topological polar surface area (TPSA) is 187 Å². The number of anilines is 1. The number of amides is 2. The van der Waals surface area contributed by atoms with E-state index in [1.807, 2.05) is 30.3 Å². The number of benzene rings is 2. The van der Waals surface area contributed by atoms with Gasteiger partial charge in [-0.25, -0.2) is 14.6 Å². The summed E-state index contributed by atoms with van der Waals surface area (Å²) in [5, 5.41) is 16.0. The van der Waals surface area contributed by atoms with E-state index in [4.69, 9.17) is 16.2 Å². The van der Waals surface area contributed by atoms with Crippen molar-refractivity contribution in [2.75, 3.05) is 11.9 Å². The fourth-order valence-corrected chi connectivity index (χ4v) is 4.31. The SMILES string of the molecule is CC(C)(C)OC(=O)[C@@](CCCN)(Nc1nc2ccccc2cc1C(N)=O)C(=O)N[C@H](CCc1ccccc1)C(=O)O. The summed E-state index contributed by atoms with van der Waals surface area (Å²) in [6.45, 7) is 5.03. The summed E-state index contributed by atoms with van der Waals surface area (Å²) in [5.74, 6) is -4.16. The zero-order chi connectivity index (χ0) is 30.2. The number of nitrogens with zero attached hydrogens (tertiary/aromatic N) is 1. The number of carboxylic acid groups (broad SMARTS) is 1. The lowest BCUT2D eigenvalue weighted by Gasteiger charge is -2.35. The van der Waals surface area contributed by atoms with Crippen LogP contribution in [0.25, 0.3) is 10.9 Å². The monoisotopic (exact) mass is 563 g/mol. The number of aryl methyl sites for hydroxylation is 1. The minimum absolute atomic E-state index is 0.0592. The second kappa shape index (κ2) is 13.2. The molecule has 0 bridgehead atoms. The molecule has 41 heavy (non-hydrogen) atoms. The Kier molecular flexibility index (Phi) is 10.0. The van der Waals surface area contributed by atoms with Crippen LogP contribution < -0.4 is 22.1 Å². The molecule has 3 aromatic rings. The van der Waals surface area contributed by atoms with Gasteiger partial charge in [0.25, 0.3) is 11.8 Å². The Bertz CT molecular complexity index is 1410. The molecule has 2 atom stereocenters. The van der Waals surface area contributed by atoms with Crippen LogP contribution in [0.2, 0.25) is 0 Å². The molecule has 1 heterocycles. The van der Waals surface area contributed by atoms with Gasteiger partial charge in [0.2, 0.25) is 5.54 Å². The molecule has 0 unspecified atom stereocenters. The number of aromatic nitrogens is 1. The van der Waals surface area contributed by atoms with Crippen LogP contribution in [-0.4, -0.2) is 57.6 Å². The molecule has 0 aliphatic carbocycles. The summed E-state index contributed by atoms with van der Waals surface area (Å²) < 4.78 is 5.66. The zero-order valence-electron chi connectivity index (χ0n) is 23.5. The van der Waals surface area contributed by atoms with Crippen molar-refractivity contribution >= 4 is 40.5 Å². The highest BCUT2D eigenvalue weighted by atomic mass is 16.6. The number of ether oxygens (including phenoxy) is 1. The lowest BCUT2D eigenvalue weighted by atomic mass is 9.90. The number of nitrogens with two attached hydrogens (primary N) is 2. The number of para-hydroxylation sites is 1. The Balaban J connectivity index is 2.09. The van der Waals surface area contributed by atoms with E-state index in [9.17, 15) is 24.3 Å². The summed E-state index contributed by atoms with van der Waals surface area (Å²) in [4.78, 5) is 57.0. The molecule has 7 N–H and O–H groups in total. The van der Waals surface area contributed by atoms with Crippen LogP contribution in [-0.2, 0) is 25.5 Å². The van der Waals surface area contributed by atoms with Crippen LogP contribution >= 0.6 is 0 Å². The minimum atomic E-state index is -2.19. The van der Waals surface area contributed by atoms with E-state index < -0.39 is 40.9 Å². The molecular formula is C30H37N5O6. The number of hydrogen-bond acceptors (Lipinski definition) is 8. The van der Waals surface area contributed by atoms with Crippen LogP contribution in [0, 0.1) is 0 Å². The van der Waals surface area contributed by atoms with E-state index in [2.05, 4.69) is 15.6 Å². The van der Waals surface area contributed by atoms with Crippen LogP contribution in [0.3, 0.4) is 0 Å². The molecular weight excluding hydrogens is 526 g/mol. The highest BCUT2D eigenvalue weighted by Crippen LogP contribution is 2.29. The largest absolute Gasteiger partial charge is 0.480 e. The number of carboxylic acids is 1. The second-order valence-corrected chi connectivity index (χ2v) is 10.8. The van der Waals surface area contributed by atoms with Gasteiger partial charge in [0.15, 0.2) is 0 Å². The molecule has 11 heteroatoms. The maximum atomic E-state index is 14.1. The predicted molar refractivity (Wildman–Crippen MR) is 155 cm³/mol. The molecule has 2 aromatic carbocycles. The van der Waals surface area contributed by atoms with E-state index in [-0.39, 0.29) is 37.2 Å². The second-order valence-electron chi connectivity index (χ2n) is 10.8. The number of hydrogen-bond donors (Lipinski definition) is 5. The standard InChI is InChI=1S/C30H37N5O6/c1-29(2,3)41-28(40)30(16-9-17-31,27(39)34-23(26(37)38)15-14-19-10-5-4-6-11-19)35-25-21(24(32)36)18-20-12-7-8-13-22(20)33-25/h4-8,10-13,18,23H,9,14-17,31H2,1-3H3,(H2,32,36)(H,33,35)(H,34,39)(H,37,38)/t23-,30+/m1/s1. The molecule has 0 aliphatic rings. The van der Waals surface area contributed by atoms with Crippen molar-refractivity contribution in [3.8, 4) is 0 Å². The number of aliphatic carboxylic acids is 1. The number of carbonyl (C=O) groups is 4. The first-order valence-corrected chi connectivity index (χ1v) is 13.4. The first-order chi connectivity index (χ1) is 19.4. The Morgan fingerprint density at radius 1 is 1.02 bits per heavy atom. The van der Waals surface area contributed by atoms with Gasteiger partial charge in [0, 0.05) is 5.39 Å². The lowest BCUT2D eigenvalue weighted by molar-refractivity contribution is -0.164. The number of fused-ring (bicyclic) bond motifs is 1. The van der Waals surface area contributed by atoms with Gasteiger partial charge < -0.3 is 31.9 Å². The third-order valence-corrected chi connectivity index (χ3v) is 6.38. The van der Waals surface area contributed by atoms with Crippen molar-refractivity contribution in [2.24, 2.45) is 11.5 Å². The number of carbonyl (C=O) groups excluding carboxylic acids is 3. The van der Waals surface area contributed by atoms with Crippen LogP contribution in [0.4, 0.5) is 5.82 Å². The van der Waals surface area contributed by atoms with Gasteiger partial charge in [-0.3, -0.25) is 9.59 Å². The van der Waals surface area contributed by atoms with E-state index in [1.54, 1.807) is 45.0 Å². The van der Waals surface area contributed by atoms with Crippen LogP contribution in [0.1, 0.15) is 56.0 Å². The van der Waals surface area contributed by atoms with Crippen molar-refractivity contribution in [2.45, 2.75) is 63.6 Å². The molecule has 0 saturated carbocycles. The maximum Gasteiger partial charge on any atom is 0.342 e. The summed E-state index contributed by atoms with van der Waals surface area (Å²) in [5.41, 5.74) is 9.55. The number of primary amides is 1. The van der Waals surface area contributed by atoms with Gasteiger partial charge in [-0.2, -0.15) is 0 Å². The van der Waals surface area contributed by atoms with E-state index in [0.29, 0.717) is 17.3 Å². The van der Waals surface area contributed by atoms with Gasteiger partial charge in [-0.15, -0.1) is 0 Å². The number of nitrogens with one attached hydrogen (secondary N) is 2. The Morgan fingerprint density at radius 3 is 2.29 bits per heavy atom. The average molecular weight is 564 g/mol. The minimum Gasteiger partial charge on any atom is -0.480 e. The van der Waals surface area contributed by atoms with Gasteiger partial charge in [0.05, 0.1) is 11.1 Å². The van der Waals surface area contributed by atoms with Gasteiger partial charge in [0.1, 0.15) is 17.5 Å². The zero-order valence-corrected chi connectivity index (χ0v) is 23.5. The van der Waals surface area contributed by atoms with Crippen LogP contribution in [0.15, 0.2) is 60.7 Å². The van der Waals surface area contributed by atoms with Gasteiger partial charge in [-0.1, -0.05) is 48.5 Å². The van der Waals surface area contributed by atoms with Crippen LogP contribution in [0.5, 0.6) is 0 Å². The molecule has 0 saturated heterocycles. The quantitative estimate of drug-likeness (QED) is 0.154. The van der Waals surface area contributed by atoms with E-state index >= 15 is 0 Å². The fraction of sp³-hybridized carbons (Fsp3) is 0.367. The first-order valence-electron chi connectivity index (χ1n) is 13.4. The fourth-order valence-electron chi connectivity index (χ4n) is 4.31. The highest BCUT2D eigenvalue weighted by molar-refractivity contribution is 6.12. The maximum absolute atomic E-state index is 14.1. The molecule has 218 valence electrons. The lowest BCUT2D eigenvalue weighted by Crippen LogP contribution is -2.62. The molecule has 0 radical (unpaired) electrons. The average Bonchev–Trinajstić information content (AvgIpc) is 2.92. The molecule has 0 spiro atoms. The van der Waals surface area contributed by atoms with Gasteiger partial charge >= 0.3 is 11.9 Å². The molecule has 3 rings (SSSR count). The number of esters is 1. The molecule has 0 aliphatic heterocycles. The van der Waals surface area contributed by atoms with E-state index in [1.165, 1.54) is 6.07 Å². The Hall–Kier alpha value is -4.51. The molecule has 2 amide bonds. The van der Waals surface area contributed by atoms with Crippen molar-refractivity contribution in [1.29, 1.82) is 0 Å². The summed E-state index contributed by atoms with van der Waals surface area (Å²) in [7, 11) is 0. The predicted octanol–water partition coefficient (Wildman–Crippen LogP) is 2.77. The molecule has 11 nitrogen and oxygen atoms in total. The van der Waals surface area contributed by atoms with E-state index in [0.717, 1.165) is 5.56 Å². The highest BCUT2D eigenvalue weighted by Gasteiger charge is 2.50. The third kappa shape index (κ3) is 8.01. The molecule has 1 aromatic heterocycles. The number of rotatable bonds is 13. The van der Waals surface area contributed by atoms with Crippen molar-refractivity contribution < 1.29 is 29.0 Å². The number of pyridine rings is 1. The van der Waals surface area contributed by atoms with Gasteiger partial charge in [-0.05, 0) is 70.7 Å². The smallest absolute Gasteiger partial charge is 0.342 e. The Morgan fingerprint density at radius 2 is 1.68 bits per heavy atom. The summed E-state index contributed by atoms with van der Waals surface area (Å²) in [6.07, 6.45) is 0.432. The summed E-state index contributed by atoms with van der Waals surface area (Å²) in [6, 6.07) is 16.4. The van der Waals surface area contributed by atoms with Crippen molar-refractivity contribution in [3.05, 3.63) is 71.8 Å². The van der Waals surface area contributed by atoms with Crippen molar-refractivity contribution in [1.82, 2.24) is 10.3 Å².